The van der Waals surface area contributed by atoms with E-state index in [-0.39, 0.29) is 0 Å². The van der Waals surface area contributed by atoms with Gasteiger partial charge >= 0.3 is 0 Å². The van der Waals surface area contributed by atoms with E-state index in [1.54, 1.807) is 0 Å². The van der Waals surface area contributed by atoms with Crippen molar-refractivity contribution >= 4 is 0 Å². The third kappa shape index (κ3) is 2.40. The molecule has 1 atom stereocenters. The standard InChI is InChI=1S/C9H19N3O/c10-9-2-1-3-12(8-9)11-4-6-13-7-5-11/h9H,1-8,10H2. The van der Waals surface area contributed by atoms with Crippen molar-refractivity contribution in [3.8, 4) is 0 Å². The maximum Gasteiger partial charge on any atom is 0.0608 e. The Labute approximate surface area is 79.6 Å². The molecule has 2 fully saturated rings. The highest BCUT2D eigenvalue weighted by Crippen LogP contribution is 2.12. The summed E-state index contributed by atoms with van der Waals surface area (Å²) in [7, 11) is 0. The van der Waals surface area contributed by atoms with Gasteiger partial charge in [-0.15, -0.1) is 0 Å². The molecule has 0 radical (unpaired) electrons. The average molecular weight is 185 g/mol. The number of hydrogen-bond acceptors (Lipinski definition) is 4. The first-order valence-electron chi connectivity index (χ1n) is 5.19. The lowest BCUT2D eigenvalue weighted by atomic mass is 10.1. The van der Waals surface area contributed by atoms with Crippen LogP contribution in [-0.4, -0.2) is 55.5 Å². The summed E-state index contributed by atoms with van der Waals surface area (Å²) in [5.74, 6) is 0. The summed E-state index contributed by atoms with van der Waals surface area (Å²) < 4.78 is 5.32. The highest BCUT2D eigenvalue weighted by atomic mass is 16.5. The van der Waals surface area contributed by atoms with Gasteiger partial charge in [-0.05, 0) is 12.8 Å². The van der Waals surface area contributed by atoms with Gasteiger partial charge in [-0.3, -0.25) is 0 Å². The van der Waals surface area contributed by atoms with Crippen molar-refractivity contribution in [3.05, 3.63) is 0 Å². The molecule has 1 unspecified atom stereocenters. The fourth-order valence-electron chi connectivity index (χ4n) is 2.08. The van der Waals surface area contributed by atoms with E-state index in [4.69, 9.17) is 10.5 Å². The van der Waals surface area contributed by atoms with E-state index in [2.05, 4.69) is 10.0 Å². The van der Waals surface area contributed by atoms with E-state index in [9.17, 15) is 0 Å². The Bertz CT molecular complexity index is 159. The molecule has 0 aromatic heterocycles. The number of nitrogens with two attached hydrogens (primary N) is 1. The molecule has 0 saturated carbocycles. The molecule has 4 heteroatoms. The third-order valence-corrected chi connectivity index (χ3v) is 2.82. The summed E-state index contributed by atoms with van der Waals surface area (Å²) in [6.45, 7) is 6.00. The topological polar surface area (TPSA) is 41.7 Å². The molecule has 0 bridgehead atoms. The monoisotopic (exact) mass is 185 g/mol. The molecule has 0 spiro atoms. The maximum absolute atomic E-state index is 5.93. The number of nitrogens with zero attached hydrogens (tertiary/aromatic N) is 2. The maximum atomic E-state index is 5.93. The van der Waals surface area contributed by atoms with Crippen LogP contribution >= 0.6 is 0 Å². The van der Waals surface area contributed by atoms with Crippen LogP contribution in [0.4, 0.5) is 0 Å². The minimum Gasteiger partial charge on any atom is -0.379 e. The van der Waals surface area contributed by atoms with Crippen molar-refractivity contribution in [2.75, 3.05) is 39.4 Å². The number of hydrogen-bond donors (Lipinski definition) is 1. The molecule has 4 nitrogen and oxygen atoms in total. The van der Waals surface area contributed by atoms with Gasteiger partial charge in [0.25, 0.3) is 0 Å². The van der Waals surface area contributed by atoms with Crippen molar-refractivity contribution in [2.45, 2.75) is 18.9 Å². The van der Waals surface area contributed by atoms with Crippen molar-refractivity contribution < 1.29 is 4.74 Å². The lowest BCUT2D eigenvalue weighted by Crippen LogP contribution is -2.54. The van der Waals surface area contributed by atoms with Crippen LogP contribution in [0, 0.1) is 0 Å². The molecular weight excluding hydrogens is 166 g/mol. The van der Waals surface area contributed by atoms with E-state index < -0.39 is 0 Å². The predicted octanol–water partition coefficient (Wildman–Crippen LogP) is -0.343. The number of rotatable bonds is 1. The number of piperidine rings is 1. The predicted molar refractivity (Wildman–Crippen MR) is 51.2 cm³/mol. The lowest BCUT2D eigenvalue weighted by Gasteiger charge is -2.41. The van der Waals surface area contributed by atoms with Crippen LogP contribution < -0.4 is 5.73 Å². The van der Waals surface area contributed by atoms with Crippen molar-refractivity contribution in [1.29, 1.82) is 0 Å². The molecule has 0 aromatic rings. The van der Waals surface area contributed by atoms with Crippen LogP contribution in [0.5, 0.6) is 0 Å². The van der Waals surface area contributed by atoms with Crippen LogP contribution in [0.2, 0.25) is 0 Å². The SMILES string of the molecule is NC1CCCN(N2CCOCC2)C1. The third-order valence-electron chi connectivity index (χ3n) is 2.82. The fraction of sp³-hybridized carbons (Fsp3) is 1.00. The van der Waals surface area contributed by atoms with Crippen molar-refractivity contribution in [1.82, 2.24) is 10.0 Å². The van der Waals surface area contributed by atoms with Crippen LogP contribution in [0.25, 0.3) is 0 Å². The molecule has 2 aliphatic rings. The number of ether oxygens (including phenoxy) is 1. The van der Waals surface area contributed by atoms with Gasteiger partial charge in [-0.1, -0.05) is 0 Å². The van der Waals surface area contributed by atoms with Gasteiger partial charge < -0.3 is 10.5 Å². The highest BCUT2D eigenvalue weighted by Gasteiger charge is 2.23. The summed E-state index contributed by atoms with van der Waals surface area (Å²) in [5.41, 5.74) is 5.93. The number of hydrazine groups is 1. The van der Waals surface area contributed by atoms with Crippen molar-refractivity contribution in [2.24, 2.45) is 5.73 Å². The summed E-state index contributed by atoms with van der Waals surface area (Å²) >= 11 is 0. The minimum atomic E-state index is 0.372. The molecule has 2 N–H and O–H groups in total. The van der Waals surface area contributed by atoms with Gasteiger partial charge in [0.15, 0.2) is 0 Å². The minimum absolute atomic E-state index is 0.372. The van der Waals surface area contributed by atoms with Crippen LogP contribution in [0.15, 0.2) is 0 Å². The Morgan fingerprint density at radius 2 is 1.85 bits per heavy atom. The van der Waals surface area contributed by atoms with Crippen LogP contribution in [0.3, 0.4) is 0 Å². The van der Waals surface area contributed by atoms with Gasteiger partial charge in [-0.2, -0.15) is 0 Å². The normalized spacial score (nSPS) is 33.5. The van der Waals surface area contributed by atoms with Crippen LogP contribution in [-0.2, 0) is 4.74 Å². The van der Waals surface area contributed by atoms with E-state index in [0.717, 1.165) is 32.8 Å². The summed E-state index contributed by atoms with van der Waals surface area (Å²) in [5, 5.41) is 4.79. The first-order valence-corrected chi connectivity index (χ1v) is 5.19. The molecule has 2 heterocycles. The van der Waals surface area contributed by atoms with E-state index >= 15 is 0 Å². The quantitative estimate of drug-likeness (QED) is 0.606. The molecular formula is C9H19N3O. The second-order valence-corrected chi connectivity index (χ2v) is 3.88. The zero-order chi connectivity index (χ0) is 9.10. The molecule has 2 rings (SSSR count). The van der Waals surface area contributed by atoms with E-state index in [1.165, 1.54) is 19.4 Å². The second kappa shape index (κ2) is 4.37. The van der Waals surface area contributed by atoms with Crippen molar-refractivity contribution in [3.63, 3.8) is 0 Å². The van der Waals surface area contributed by atoms with Gasteiger partial charge in [0.2, 0.25) is 0 Å². The van der Waals surface area contributed by atoms with Gasteiger partial charge in [0.1, 0.15) is 0 Å². The molecule has 0 amide bonds. The number of morpholine rings is 1. The summed E-state index contributed by atoms with van der Waals surface area (Å²) in [6, 6.07) is 0.372. The largest absolute Gasteiger partial charge is 0.379 e. The Balaban J connectivity index is 1.83. The molecule has 2 aliphatic heterocycles. The average Bonchev–Trinajstić information content (AvgIpc) is 2.19. The van der Waals surface area contributed by atoms with Gasteiger partial charge in [-0.25, -0.2) is 10.0 Å². The zero-order valence-electron chi connectivity index (χ0n) is 8.11. The smallest absolute Gasteiger partial charge is 0.0608 e. The Kier molecular flexibility index (Phi) is 3.16. The highest BCUT2D eigenvalue weighted by molar-refractivity contribution is 4.74. The summed E-state index contributed by atoms with van der Waals surface area (Å²) in [4.78, 5) is 0. The molecule has 2 saturated heterocycles. The molecule has 0 aromatic carbocycles. The molecule has 76 valence electrons. The first-order chi connectivity index (χ1) is 6.36. The Morgan fingerprint density at radius 1 is 1.08 bits per heavy atom. The van der Waals surface area contributed by atoms with E-state index in [0.29, 0.717) is 6.04 Å². The zero-order valence-corrected chi connectivity index (χ0v) is 8.11. The first kappa shape index (κ1) is 9.40. The molecule has 0 aliphatic carbocycles. The lowest BCUT2D eigenvalue weighted by molar-refractivity contribution is -0.101. The second-order valence-electron chi connectivity index (χ2n) is 3.88. The van der Waals surface area contributed by atoms with Crippen LogP contribution in [0.1, 0.15) is 12.8 Å². The summed E-state index contributed by atoms with van der Waals surface area (Å²) in [6.07, 6.45) is 2.42. The molecule has 13 heavy (non-hydrogen) atoms. The van der Waals surface area contributed by atoms with E-state index in [1.807, 2.05) is 0 Å². The Hall–Kier alpha value is -0.160. The fourth-order valence-corrected chi connectivity index (χ4v) is 2.08. The van der Waals surface area contributed by atoms with Gasteiger partial charge in [0.05, 0.1) is 13.2 Å². The Morgan fingerprint density at radius 3 is 2.54 bits per heavy atom. The van der Waals surface area contributed by atoms with Gasteiger partial charge in [0, 0.05) is 32.2 Å².